The molecular formula is C88H98Br4O13. The van der Waals surface area contributed by atoms with E-state index in [1.54, 1.807) is 104 Å². The van der Waals surface area contributed by atoms with Crippen LogP contribution >= 0.6 is 63.7 Å². The van der Waals surface area contributed by atoms with Crippen molar-refractivity contribution in [1.29, 1.82) is 0 Å². The van der Waals surface area contributed by atoms with Gasteiger partial charge in [0.15, 0.2) is 11.6 Å². The van der Waals surface area contributed by atoms with E-state index in [0.29, 0.717) is 35.5 Å². The van der Waals surface area contributed by atoms with Crippen LogP contribution in [0.2, 0.25) is 0 Å². The maximum Gasteiger partial charge on any atom is 0.193 e. The number of halogens is 4. The van der Waals surface area contributed by atoms with Crippen molar-refractivity contribution < 1.29 is 63.9 Å². The summed E-state index contributed by atoms with van der Waals surface area (Å²) in [5, 5.41) is 61.0. The molecule has 0 aliphatic carbocycles. The quantitative estimate of drug-likeness (QED) is 0.0247. The van der Waals surface area contributed by atoms with Gasteiger partial charge in [-0.1, -0.05) is 172 Å². The molecule has 0 fully saturated rings. The number of Topliss-reactive ketones (excluding diaryl/α,β-unsaturated/α-hetero) is 2. The van der Waals surface area contributed by atoms with E-state index in [9.17, 15) is 40.2 Å². The lowest BCUT2D eigenvalue weighted by Gasteiger charge is -2.25. The first kappa shape index (κ1) is 86.1. The fraction of sp³-hybridized carbons (Fsp3) is 0.295. The number of ketones is 2. The van der Waals surface area contributed by atoms with Gasteiger partial charge in [0, 0.05) is 34.6 Å². The van der Waals surface area contributed by atoms with Gasteiger partial charge in [-0.2, -0.15) is 0 Å². The topological polar surface area (TPSA) is 202 Å². The summed E-state index contributed by atoms with van der Waals surface area (Å²) in [4.78, 5) is 23.7. The lowest BCUT2D eigenvalue weighted by Crippen LogP contribution is -2.31. The molecule has 2 atom stereocenters. The second-order valence-electron chi connectivity index (χ2n) is 29.0. The van der Waals surface area contributed by atoms with E-state index in [4.69, 9.17) is 23.7 Å². The predicted molar refractivity (Wildman–Crippen MR) is 437 cm³/mol. The maximum absolute atomic E-state index is 12.0. The fourth-order valence-electron chi connectivity index (χ4n) is 9.82. The maximum atomic E-state index is 12.0. The van der Waals surface area contributed by atoms with Crippen LogP contribution in [0.4, 0.5) is 0 Å². The molecule has 10 rings (SSSR count). The molecule has 0 amide bonds. The molecule has 0 saturated heterocycles. The Morgan fingerprint density at radius 3 is 0.657 bits per heavy atom. The first-order chi connectivity index (χ1) is 49.1. The van der Waals surface area contributed by atoms with Gasteiger partial charge in [0.05, 0.1) is 32.1 Å². The van der Waals surface area contributed by atoms with Gasteiger partial charge < -0.3 is 54.3 Å². The lowest BCUT2D eigenvalue weighted by molar-refractivity contribution is 0.0487. The lowest BCUT2D eigenvalue weighted by atomic mass is 9.97. The Morgan fingerprint density at radius 1 is 0.295 bits per heavy atom. The number of carbonyl (C=O) groups excluding carboxylic acids is 2. The van der Waals surface area contributed by atoms with Gasteiger partial charge in [-0.05, 0) is 276 Å². The van der Waals surface area contributed by atoms with Crippen molar-refractivity contribution in [3.8, 4) is 57.5 Å². The number of rotatable bonds is 24. The Morgan fingerprint density at radius 2 is 0.476 bits per heavy atom. The van der Waals surface area contributed by atoms with E-state index in [2.05, 4.69) is 102 Å². The normalized spacial score (nSPS) is 12.2. The van der Waals surface area contributed by atoms with Crippen molar-refractivity contribution in [2.45, 2.75) is 164 Å². The van der Waals surface area contributed by atoms with Crippen molar-refractivity contribution in [2.75, 3.05) is 0 Å². The molecule has 0 aliphatic rings. The highest BCUT2D eigenvalue weighted by molar-refractivity contribution is 9.09. The SMILES string of the molecule is BrCc1ccc(Oc2ccc(CBr)cc2)cc1.CC(C)(O)C(=O)c1ccc(Oc2ccc(C(=O)C(C)(C)O)cc2)cc1.CC(C)(O)C(Br)c1ccc(Oc2ccc(C(Br)C(C)(C)O)cc2)cc1.CC(C)(O)Cc1ccc(Oc2ccc(CC(C)(C)O)cc2)cc1.Cc1ccc(Oc2ccc(C)cc2)cc1. The van der Waals surface area contributed by atoms with Crippen LogP contribution in [0.1, 0.15) is 158 Å². The third-order valence-corrected chi connectivity index (χ3v) is 20.0. The molecule has 2 unspecified atom stereocenters. The monoisotopic (exact) mass is 1680 g/mol. The molecule has 0 saturated carbocycles. The molecule has 556 valence electrons. The number of aryl methyl sites for hydroxylation is 2. The summed E-state index contributed by atoms with van der Waals surface area (Å²) < 4.78 is 28.8. The summed E-state index contributed by atoms with van der Waals surface area (Å²) in [6.07, 6.45) is 1.22. The molecule has 6 N–H and O–H groups in total. The third kappa shape index (κ3) is 30.9. The summed E-state index contributed by atoms with van der Waals surface area (Å²) >= 11 is 13.9. The Balaban J connectivity index is 0.000000208. The number of alkyl halides is 4. The third-order valence-electron chi connectivity index (χ3n) is 15.4. The van der Waals surface area contributed by atoms with Gasteiger partial charge in [-0.3, -0.25) is 9.59 Å². The number of aliphatic hydroxyl groups is 6. The van der Waals surface area contributed by atoms with Crippen LogP contribution in [-0.4, -0.2) is 75.8 Å². The molecule has 17 heteroatoms. The highest BCUT2D eigenvalue weighted by Gasteiger charge is 2.29. The Hall–Kier alpha value is -7.78. The summed E-state index contributed by atoms with van der Waals surface area (Å²) in [7, 11) is 0. The zero-order chi connectivity index (χ0) is 77.5. The minimum atomic E-state index is -1.43. The van der Waals surface area contributed by atoms with Gasteiger partial charge in [0.25, 0.3) is 0 Å². The van der Waals surface area contributed by atoms with Crippen molar-refractivity contribution >= 4 is 75.3 Å². The van der Waals surface area contributed by atoms with Crippen molar-refractivity contribution in [1.82, 2.24) is 0 Å². The molecule has 0 aliphatic heterocycles. The molecule has 10 aromatic rings. The number of hydrogen-bond acceptors (Lipinski definition) is 13. The zero-order valence-electron chi connectivity index (χ0n) is 62.1. The average Bonchev–Trinajstić information content (AvgIpc) is 0.848. The number of ether oxygens (including phenoxy) is 5. The number of benzene rings is 10. The second-order valence-corrected chi connectivity index (χ2v) is 31.9. The van der Waals surface area contributed by atoms with E-state index in [-0.39, 0.29) is 21.2 Å². The molecule has 0 spiro atoms. The second kappa shape index (κ2) is 39.2. The van der Waals surface area contributed by atoms with Crippen LogP contribution < -0.4 is 23.7 Å². The van der Waals surface area contributed by atoms with E-state index < -0.39 is 33.6 Å². The first-order valence-corrected chi connectivity index (χ1v) is 38.3. The van der Waals surface area contributed by atoms with Gasteiger partial charge in [0.1, 0.15) is 68.7 Å². The molecule has 105 heavy (non-hydrogen) atoms. The Labute approximate surface area is 653 Å². The van der Waals surface area contributed by atoms with Crippen LogP contribution in [-0.2, 0) is 23.5 Å². The molecule has 13 nitrogen and oxygen atoms in total. The Kier molecular flexibility index (Phi) is 32.1. The highest BCUT2D eigenvalue weighted by Crippen LogP contribution is 2.38. The largest absolute Gasteiger partial charge is 0.457 e. The molecule has 0 aromatic heterocycles. The summed E-state index contributed by atoms with van der Waals surface area (Å²) in [5.74, 6) is 6.77. The number of hydrogen-bond donors (Lipinski definition) is 6. The molecular weight excluding hydrogens is 1580 g/mol. The van der Waals surface area contributed by atoms with Crippen LogP contribution in [0, 0.1) is 13.8 Å². The predicted octanol–water partition coefficient (Wildman–Crippen LogP) is 22.7. The van der Waals surface area contributed by atoms with Crippen molar-refractivity contribution in [2.24, 2.45) is 0 Å². The van der Waals surface area contributed by atoms with Crippen LogP contribution in [0.3, 0.4) is 0 Å². The van der Waals surface area contributed by atoms with E-state index in [1.165, 1.54) is 49.9 Å². The fourth-order valence-corrected chi connectivity index (χ4v) is 11.2. The van der Waals surface area contributed by atoms with Gasteiger partial charge in [0.2, 0.25) is 0 Å². The smallest absolute Gasteiger partial charge is 0.193 e. The summed E-state index contributed by atoms with van der Waals surface area (Å²) in [5.41, 5.74) is 3.93. The standard InChI is InChI=1S/C20H24Br2O3.C20H22O5.C20H26O3.C14H12Br2O.C14H14O/c2*1-19(2,23)17(21)13-5-9-15(10-6-13)25-16-11-7-14(8-12-16)18(22)20(3,4)24;1-19(2,21)13-15-5-9-17(10-6-15)23-18-11-7-16(8-12-18)14-20(3,4)22;15-9-11-1-5-13(6-2-11)17-14-7-3-12(10-16)4-8-14;1-11-3-7-13(8-4-11)15-14-9-5-12(2)6-10-14/h5-12,17-18,23-24H,1-4H3;5-12,23-24H,1-4H3;5-12,21-22H,13-14H2,1-4H3;1-8H,9-10H2;3-10H,1-2H3. The van der Waals surface area contributed by atoms with Gasteiger partial charge in [-0.25, -0.2) is 0 Å². The molecule has 0 heterocycles. The van der Waals surface area contributed by atoms with E-state index >= 15 is 0 Å². The average molecular weight is 1680 g/mol. The van der Waals surface area contributed by atoms with Crippen LogP contribution in [0.25, 0.3) is 0 Å². The molecule has 10 aromatic carbocycles. The minimum absolute atomic E-state index is 0.147. The van der Waals surface area contributed by atoms with Crippen molar-refractivity contribution in [3.63, 3.8) is 0 Å². The van der Waals surface area contributed by atoms with Crippen molar-refractivity contribution in [3.05, 3.63) is 298 Å². The van der Waals surface area contributed by atoms with Gasteiger partial charge >= 0.3 is 0 Å². The van der Waals surface area contributed by atoms with Gasteiger partial charge in [-0.15, -0.1) is 0 Å². The van der Waals surface area contributed by atoms with Crippen LogP contribution in [0.15, 0.2) is 243 Å². The number of carbonyl (C=O) groups is 2. The van der Waals surface area contributed by atoms with Crippen LogP contribution in [0.5, 0.6) is 57.5 Å². The van der Waals surface area contributed by atoms with E-state index in [0.717, 1.165) is 78.9 Å². The highest BCUT2D eigenvalue weighted by atomic mass is 79.9. The summed E-state index contributed by atoms with van der Waals surface area (Å²) in [6, 6.07) is 75.9. The molecule has 0 bridgehead atoms. The molecule has 0 radical (unpaired) electrons. The summed E-state index contributed by atoms with van der Waals surface area (Å²) in [6.45, 7) is 24.2. The first-order valence-electron chi connectivity index (χ1n) is 34.3. The van der Waals surface area contributed by atoms with E-state index in [1.807, 2.05) is 170 Å². The minimum Gasteiger partial charge on any atom is -0.457 e. The Bertz CT molecular complexity index is 3970. The zero-order valence-corrected chi connectivity index (χ0v) is 68.5.